The Bertz CT molecular complexity index is 1080. The number of carbonyl (C=O) groups is 3. The Morgan fingerprint density at radius 3 is 1.22 bits per heavy atom. The Morgan fingerprint density at radius 2 is 0.841 bits per heavy atom. The number of allylic oxidation sites excluding steroid dienone is 4. The molecule has 370 valence electrons. The van der Waals surface area contributed by atoms with Crippen LogP contribution in [-0.4, -0.2) is 80.6 Å². The number of carboxylic acid groups (broad SMARTS) is 1. The van der Waals surface area contributed by atoms with Crippen molar-refractivity contribution >= 4 is 17.9 Å². The maximum Gasteiger partial charge on any atom is 0.362 e. The van der Waals surface area contributed by atoms with Crippen LogP contribution in [0.15, 0.2) is 24.3 Å². The van der Waals surface area contributed by atoms with E-state index < -0.39 is 18.1 Å². The predicted molar refractivity (Wildman–Crippen MR) is 266 cm³/mol. The summed E-state index contributed by atoms with van der Waals surface area (Å²) in [5.74, 6) is -1.46. The normalized spacial score (nSPS) is 13.0. The van der Waals surface area contributed by atoms with E-state index in [4.69, 9.17) is 14.2 Å². The zero-order chi connectivity index (χ0) is 46.3. The second-order valence-electron chi connectivity index (χ2n) is 19.5. The maximum absolute atomic E-state index is 12.8. The van der Waals surface area contributed by atoms with Gasteiger partial charge in [-0.25, -0.2) is 4.79 Å². The minimum absolute atomic E-state index is 0.0502. The second-order valence-corrected chi connectivity index (χ2v) is 19.5. The molecule has 0 rings (SSSR count). The summed E-state index contributed by atoms with van der Waals surface area (Å²) in [7, 11) is 5.54. The molecule has 8 nitrogen and oxygen atoms in total. The monoisotopic (exact) mass is 891 g/mol. The highest BCUT2D eigenvalue weighted by molar-refractivity contribution is 5.72. The summed E-state index contributed by atoms with van der Waals surface area (Å²) < 4.78 is 17.4. The zero-order valence-corrected chi connectivity index (χ0v) is 42.3. The molecule has 0 aromatic heterocycles. The number of hydrogen-bond donors (Lipinski definition) is 1. The summed E-state index contributed by atoms with van der Waals surface area (Å²) in [6.07, 6.45) is 53.7. The molecule has 0 heterocycles. The number of quaternary nitrogens is 1. The van der Waals surface area contributed by atoms with Crippen molar-refractivity contribution in [1.82, 2.24) is 0 Å². The number of unbranched alkanes of at least 4 members (excludes halogenated alkanes) is 31. The van der Waals surface area contributed by atoms with Crippen LogP contribution in [0.3, 0.4) is 0 Å². The third-order valence-corrected chi connectivity index (χ3v) is 12.4. The highest BCUT2D eigenvalue weighted by atomic mass is 16.6. The van der Waals surface area contributed by atoms with E-state index in [9.17, 15) is 19.5 Å². The van der Waals surface area contributed by atoms with Crippen LogP contribution >= 0.6 is 0 Å². The van der Waals surface area contributed by atoms with Gasteiger partial charge in [0.05, 0.1) is 34.4 Å². The van der Waals surface area contributed by atoms with Crippen molar-refractivity contribution in [1.29, 1.82) is 0 Å². The van der Waals surface area contributed by atoms with Crippen molar-refractivity contribution in [3.05, 3.63) is 24.3 Å². The van der Waals surface area contributed by atoms with Crippen LogP contribution in [0, 0.1) is 0 Å². The molecule has 2 unspecified atom stereocenters. The van der Waals surface area contributed by atoms with Gasteiger partial charge in [-0.1, -0.05) is 218 Å². The topological polar surface area (TPSA) is 99.1 Å². The standard InChI is InChI=1S/C55H103NO7/c1-6-8-10-12-14-16-18-20-22-24-25-26-27-28-30-31-33-35-37-39-41-43-45-53(57)62-50-51(49-61-48-47-52(55(59)60)56(3,4)5)63-54(58)46-44-42-40-38-36-34-32-29-23-21-19-17-15-13-11-9-7-2/h24-25,27-28,51-52H,6-23,26,29-50H2,1-5H3/p+1/b25-24+,28-27+. The van der Waals surface area contributed by atoms with Crippen molar-refractivity contribution in [2.24, 2.45) is 0 Å². The number of hydrogen-bond acceptors (Lipinski definition) is 6. The third-order valence-electron chi connectivity index (χ3n) is 12.4. The molecule has 0 radical (unpaired) electrons. The second kappa shape index (κ2) is 46.3. The van der Waals surface area contributed by atoms with E-state index in [1.54, 1.807) is 0 Å². The fourth-order valence-electron chi connectivity index (χ4n) is 8.18. The number of carbonyl (C=O) groups excluding carboxylic acids is 2. The number of likely N-dealkylation sites (N-methyl/N-ethyl adjacent to an activating group) is 1. The molecule has 0 aliphatic heterocycles. The highest BCUT2D eigenvalue weighted by Crippen LogP contribution is 2.16. The van der Waals surface area contributed by atoms with Crippen molar-refractivity contribution in [2.45, 2.75) is 270 Å². The summed E-state index contributed by atoms with van der Waals surface area (Å²) in [5, 5.41) is 9.66. The summed E-state index contributed by atoms with van der Waals surface area (Å²) >= 11 is 0. The molecular formula is C55H104NO7+. The molecule has 2 atom stereocenters. The minimum Gasteiger partial charge on any atom is -0.477 e. The van der Waals surface area contributed by atoms with E-state index in [1.165, 1.54) is 173 Å². The molecule has 1 N–H and O–H groups in total. The van der Waals surface area contributed by atoms with E-state index in [0.717, 1.165) is 51.4 Å². The fraction of sp³-hybridized carbons (Fsp3) is 0.873. The number of rotatable bonds is 49. The van der Waals surface area contributed by atoms with Gasteiger partial charge in [-0.2, -0.15) is 0 Å². The van der Waals surface area contributed by atoms with Crippen molar-refractivity contribution in [2.75, 3.05) is 41.0 Å². The zero-order valence-electron chi connectivity index (χ0n) is 42.3. The Balaban J connectivity index is 4.20. The number of carboxylic acids is 1. The lowest BCUT2D eigenvalue weighted by molar-refractivity contribution is -0.887. The lowest BCUT2D eigenvalue weighted by Crippen LogP contribution is -2.50. The van der Waals surface area contributed by atoms with Crippen LogP contribution in [0.5, 0.6) is 0 Å². The van der Waals surface area contributed by atoms with Crippen LogP contribution in [0.4, 0.5) is 0 Å². The van der Waals surface area contributed by atoms with Crippen molar-refractivity contribution in [3.8, 4) is 0 Å². The Labute approximate surface area is 390 Å². The summed E-state index contributed by atoms with van der Waals surface area (Å²) in [6.45, 7) is 4.77. The number of aliphatic carboxylic acids is 1. The highest BCUT2D eigenvalue weighted by Gasteiger charge is 2.31. The third kappa shape index (κ3) is 44.8. The van der Waals surface area contributed by atoms with Crippen molar-refractivity contribution < 1.29 is 38.2 Å². The van der Waals surface area contributed by atoms with Crippen LogP contribution in [-0.2, 0) is 28.6 Å². The molecular weight excluding hydrogens is 787 g/mol. The van der Waals surface area contributed by atoms with Crippen LogP contribution in [0.25, 0.3) is 0 Å². The van der Waals surface area contributed by atoms with Gasteiger partial charge in [-0.3, -0.25) is 9.59 Å². The lowest BCUT2D eigenvalue weighted by atomic mass is 10.0. The number of esters is 2. The first-order chi connectivity index (χ1) is 30.6. The summed E-state index contributed by atoms with van der Waals surface area (Å²) in [6, 6.07) is -0.614. The molecule has 0 amide bonds. The molecule has 0 spiro atoms. The summed E-state index contributed by atoms with van der Waals surface area (Å²) in [4.78, 5) is 37.2. The van der Waals surface area contributed by atoms with E-state index in [0.29, 0.717) is 19.3 Å². The molecule has 63 heavy (non-hydrogen) atoms. The Morgan fingerprint density at radius 1 is 0.476 bits per heavy atom. The van der Waals surface area contributed by atoms with Gasteiger partial charge in [-0.15, -0.1) is 0 Å². The summed E-state index contributed by atoms with van der Waals surface area (Å²) in [5.41, 5.74) is 0. The Hall–Kier alpha value is -2.19. The van der Waals surface area contributed by atoms with Gasteiger partial charge in [0.1, 0.15) is 6.61 Å². The van der Waals surface area contributed by atoms with Gasteiger partial charge in [0, 0.05) is 19.3 Å². The fourth-order valence-corrected chi connectivity index (χ4v) is 8.18. The van der Waals surface area contributed by atoms with Gasteiger partial charge in [0.25, 0.3) is 0 Å². The van der Waals surface area contributed by atoms with E-state index >= 15 is 0 Å². The average molecular weight is 891 g/mol. The van der Waals surface area contributed by atoms with E-state index in [-0.39, 0.29) is 36.2 Å². The smallest absolute Gasteiger partial charge is 0.362 e. The minimum atomic E-state index is -0.872. The largest absolute Gasteiger partial charge is 0.477 e. The first-order valence-corrected chi connectivity index (χ1v) is 26.9. The van der Waals surface area contributed by atoms with Gasteiger partial charge >= 0.3 is 17.9 Å². The van der Waals surface area contributed by atoms with E-state index in [2.05, 4.69) is 38.2 Å². The number of ether oxygens (including phenoxy) is 3. The van der Waals surface area contributed by atoms with Crippen LogP contribution in [0.2, 0.25) is 0 Å². The number of nitrogens with zero attached hydrogens (tertiary/aromatic N) is 1. The molecule has 0 aliphatic rings. The van der Waals surface area contributed by atoms with Gasteiger partial charge < -0.3 is 23.8 Å². The van der Waals surface area contributed by atoms with Crippen LogP contribution in [0.1, 0.15) is 258 Å². The molecule has 0 bridgehead atoms. The van der Waals surface area contributed by atoms with Gasteiger partial charge in [0.15, 0.2) is 12.1 Å². The van der Waals surface area contributed by atoms with Crippen LogP contribution < -0.4 is 0 Å². The molecule has 0 aromatic carbocycles. The van der Waals surface area contributed by atoms with Crippen molar-refractivity contribution in [3.63, 3.8) is 0 Å². The molecule has 0 aromatic rings. The van der Waals surface area contributed by atoms with E-state index in [1.807, 2.05) is 21.1 Å². The molecule has 0 fully saturated rings. The van der Waals surface area contributed by atoms with Gasteiger partial charge in [-0.05, 0) is 44.9 Å². The maximum atomic E-state index is 12.8. The molecule has 0 saturated heterocycles. The predicted octanol–water partition coefficient (Wildman–Crippen LogP) is 15.6. The Kier molecular flexibility index (Phi) is 44.7. The van der Waals surface area contributed by atoms with Gasteiger partial charge in [0.2, 0.25) is 0 Å². The first kappa shape index (κ1) is 60.8. The lowest BCUT2D eigenvalue weighted by Gasteiger charge is -2.31. The first-order valence-electron chi connectivity index (χ1n) is 26.9. The molecule has 0 aliphatic carbocycles. The quantitative estimate of drug-likeness (QED) is 0.0281. The molecule has 0 saturated carbocycles. The molecule has 8 heteroatoms. The average Bonchev–Trinajstić information content (AvgIpc) is 3.24. The SMILES string of the molecule is CCCCCCCCCC/C=C/C/C=C/CCCCCCCCCC(=O)OCC(COCCC(C(=O)O)[N+](C)(C)C)OC(=O)CCCCCCCCCCCCCCCCCCC.